The van der Waals surface area contributed by atoms with Crippen LogP contribution in [0.2, 0.25) is 0 Å². The topological polar surface area (TPSA) is 40.5 Å². The largest absolute Gasteiger partial charge is 0.393 e. The van der Waals surface area contributed by atoms with Crippen molar-refractivity contribution in [3.63, 3.8) is 0 Å². The Morgan fingerprint density at radius 1 is 0.781 bits per heavy atom. The standard InChI is InChI=1S/C30H50O2/c1-25(2)13-14-27(5)15-16-29(7)19(20(27)18-25)9-10-21-28(6)12-11-23(31)26(3,4)22(28)17-24(32)30(21,29)8/h9,20-24,31-32H,10-18H2,1-8H3/t20-,21-,22?,23?,24?,27-,28-,29-,30+/m1/s1. The predicted molar refractivity (Wildman–Crippen MR) is 132 cm³/mol. The van der Waals surface area contributed by atoms with E-state index >= 15 is 0 Å². The maximum atomic E-state index is 12.0. The molecule has 0 aromatic rings. The number of aliphatic hydroxyl groups excluding tert-OH is 2. The second-order valence-corrected chi connectivity index (χ2v) is 15.3. The van der Waals surface area contributed by atoms with Crippen molar-refractivity contribution in [1.82, 2.24) is 0 Å². The summed E-state index contributed by atoms with van der Waals surface area (Å²) in [7, 11) is 0. The van der Waals surface area contributed by atoms with E-state index in [0.29, 0.717) is 28.6 Å². The first-order valence-corrected chi connectivity index (χ1v) is 13.7. The van der Waals surface area contributed by atoms with Crippen LogP contribution in [-0.2, 0) is 0 Å². The van der Waals surface area contributed by atoms with Crippen LogP contribution in [-0.4, -0.2) is 22.4 Å². The second-order valence-electron chi connectivity index (χ2n) is 15.3. The Morgan fingerprint density at radius 2 is 1.44 bits per heavy atom. The third-order valence-electron chi connectivity index (χ3n) is 13.1. The average molecular weight is 443 g/mol. The van der Waals surface area contributed by atoms with Crippen LogP contribution in [0, 0.1) is 50.2 Å². The Labute approximate surface area is 197 Å². The molecule has 0 radical (unpaired) electrons. The summed E-state index contributed by atoms with van der Waals surface area (Å²) < 4.78 is 0. The molecule has 0 amide bonds. The quantitative estimate of drug-likeness (QED) is 0.391. The van der Waals surface area contributed by atoms with Crippen molar-refractivity contribution in [2.45, 2.75) is 125 Å². The Hall–Kier alpha value is -0.340. The molecule has 0 aromatic heterocycles. The first-order chi connectivity index (χ1) is 14.6. The van der Waals surface area contributed by atoms with Gasteiger partial charge in [0, 0.05) is 5.41 Å². The van der Waals surface area contributed by atoms with Crippen LogP contribution in [0.3, 0.4) is 0 Å². The van der Waals surface area contributed by atoms with Crippen molar-refractivity contribution in [3.8, 4) is 0 Å². The summed E-state index contributed by atoms with van der Waals surface area (Å²) in [6.45, 7) is 19.6. The van der Waals surface area contributed by atoms with E-state index in [0.717, 1.165) is 25.7 Å². The zero-order chi connectivity index (χ0) is 23.5. The molecule has 5 aliphatic carbocycles. The third-order valence-corrected chi connectivity index (χ3v) is 13.1. The lowest BCUT2D eigenvalue weighted by atomic mass is 9.33. The summed E-state index contributed by atoms with van der Waals surface area (Å²) in [5.74, 6) is 1.54. The van der Waals surface area contributed by atoms with Crippen molar-refractivity contribution in [3.05, 3.63) is 11.6 Å². The third kappa shape index (κ3) is 2.72. The van der Waals surface area contributed by atoms with Gasteiger partial charge in [-0.2, -0.15) is 0 Å². The van der Waals surface area contributed by atoms with Gasteiger partial charge in [-0.3, -0.25) is 0 Å². The molecule has 32 heavy (non-hydrogen) atoms. The molecule has 4 saturated carbocycles. The number of hydrogen-bond donors (Lipinski definition) is 2. The van der Waals surface area contributed by atoms with Gasteiger partial charge in [-0.1, -0.05) is 67.0 Å². The maximum absolute atomic E-state index is 12.0. The Balaban J connectivity index is 1.61. The average Bonchev–Trinajstić information content (AvgIpc) is 2.70. The maximum Gasteiger partial charge on any atom is 0.0608 e. The van der Waals surface area contributed by atoms with Crippen molar-refractivity contribution in [2.75, 3.05) is 0 Å². The van der Waals surface area contributed by atoms with Gasteiger partial charge in [0.05, 0.1) is 12.2 Å². The summed E-state index contributed by atoms with van der Waals surface area (Å²) in [5.41, 5.74) is 2.64. The molecule has 5 rings (SSSR count). The number of hydrogen-bond acceptors (Lipinski definition) is 2. The SMILES string of the molecule is CC1(C)CC[C@]2(C)CC[C@]3(C)C(=CC[C@@H]4[C@@]5(C)CCC(O)C(C)(C)C5CC(O)[C@]43C)[C@H]2C1. The van der Waals surface area contributed by atoms with E-state index in [1.165, 1.54) is 32.1 Å². The molecule has 0 saturated heterocycles. The minimum Gasteiger partial charge on any atom is -0.393 e. The lowest BCUT2D eigenvalue weighted by Crippen LogP contribution is -2.68. The van der Waals surface area contributed by atoms with Crippen molar-refractivity contribution in [2.24, 2.45) is 50.2 Å². The summed E-state index contributed by atoms with van der Waals surface area (Å²) in [4.78, 5) is 0. The van der Waals surface area contributed by atoms with Crippen LogP contribution in [0.1, 0.15) is 113 Å². The Kier molecular flexibility index (Phi) is 4.87. The van der Waals surface area contributed by atoms with Crippen molar-refractivity contribution >= 4 is 0 Å². The van der Waals surface area contributed by atoms with Crippen LogP contribution in [0.4, 0.5) is 0 Å². The summed E-state index contributed by atoms with van der Waals surface area (Å²) in [6, 6.07) is 0. The number of fused-ring (bicyclic) bond motifs is 7. The minimum atomic E-state index is -0.287. The normalized spacial score (nSPS) is 56.2. The van der Waals surface area contributed by atoms with Gasteiger partial charge in [-0.15, -0.1) is 0 Å². The number of rotatable bonds is 0. The fraction of sp³-hybridized carbons (Fsp3) is 0.933. The lowest BCUT2D eigenvalue weighted by molar-refractivity contribution is -0.244. The number of aliphatic hydroxyl groups is 2. The molecule has 182 valence electrons. The molecule has 9 atom stereocenters. The van der Waals surface area contributed by atoms with Crippen molar-refractivity contribution in [1.29, 1.82) is 0 Å². The van der Waals surface area contributed by atoms with Gasteiger partial charge in [0.2, 0.25) is 0 Å². The molecule has 0 spiro atoms. The highest BCUT2D eigenvalue weighted by Gasteiger charge is 2.70. The molecule has 5 aliphatic rings. The molecule has 2 heteroatoms. The molecule has 0 heterocycles. The van der Waals surface area contributed by atoms with Gasteiger partial charge >= 0.3 is 0 Å². The monoisotopic (exact) mass is 442 g/mol. The highest BCUT2D eigenvalue weighted by Crippen LogP contribution is 2.75. The van der Waals surface area contributed by atoms with Crippen LogP contribution in [0.5, 0.6) is 0 Å². The van der Waals surface area contributed by atoms with Crippen LogP contribution in [0.15, 0.2) is 11.6 Å². The molecular weight excluding hydrogens is 392 g/mol. The Morgan fingerprint density at radius 3 is 2.12 bits per heavy atom. The summed E-state index contributed by atoms with van der Waals surface area (Å²) >= 11 is 0. The Bertz CT molecular complexity index is 825. The van der Waals surface area contributed by atoms with Gasteiger partial charge in [0.15, 0.2) is 0 Å². The van der Waals surface area contributed by atoms with E-state index in [4.69, 9.17) is 0 Å². The van der Waals surface area contributed by atoms with Crippen LogP contribution >= 0.6 is 0 Å². The number of allylic oxidation sites excluding steroid dienone is 2. The molecule has 0 aromatic carbocycles. The fourth-order valence-electron chi connectivity index (χ4n) is 10.5. The lowest BCUT2D eigenvalue weighted by Gasteiger charge is -2.72. The van der Waals surface area contributed by atoms with Gasteiger partial charge in [-0.05, 0) is 103 Å². The molecule has 0 bridgehead atoms. The zero-order valence-electron chi connectivity index (χ0n) is 22.2. The molecule has 0 aliphatic heterocycles. The molecule has 2 N–H and O–H groups in total. The van der Waals surface area contributed by atoms with Crippen molar-refractivity contribution < 1.29 is 10.2 Å². The second kappa shape index (κ2) is 6.66. The van der Waals surface area contributed by atoms with Crippen LogP contribution < -0.4 is 0 Å². The predicted octanol–water partition coefficient (Wildman–Crippen LogP) is 7.14. The first-order valence-electron chi connectivity index (χ1n) is 13.7. The van der Waals surface area contributed by atoms with E-state index in [2.05, 4.69) is 61.5 Å². The molecule has 2 nitrogen and oxygen atoms in total. The van der Waals surface area contributed by atoms with Gasteiger partial charge in [0.25, 0.3) is 0 Å². The first kappa shape index (κ1) is 23.4. The highest BCUT2D eigenvalue weighted by atomic mass is 16.3. The highest BCUT2D eigenvalue weighted by molar-refractivity contribution is 5.34. The molecule has 3 unspecified atom stereocenters. The van der Waals surface area contributed by atoms with Crippen LogP contribution in [0.25, 0.3) is 0 Å². The molecule has 4 fully saturated rings. The summed E-state index contributed by atoms with van der Waals surface area (Å²) in [5, 5.41) is 22.9. The summed E-state index contributed by atoms with van der Waals surface area (Å²) in [6.07, 6.45) is 12.7. The molecular formula is C30H50O2. The smallest absolute Gasteiger partial charge is 0.0608 e. The minimum absolute atomic E-state index is 0.0797. The van der Waals surface area contributed by atoms with E-state index in [1.807, 2.05) is 0 Å². The zero-order valence-corrected chi connectivity index (χ0v) is 22.2. The van der Waals surface area contributed by atoms with E-state index < -0.39 is 0 Å². The van der Waals surface area contributed by atoms with Gasteiger partial charge < -0.3 is 10.2 Å². The van der Waals surface area contributed by atoms with Gasteiger partial charge in [0.1, 0.15) is 0 Å². The van der Waals surface area contributed by atoms with Gasteiger partial charge in [-0.25, -0.2) is 0 Å². The van der Waals surface area contributed by atoms with E-state index in [9.17, 15) is 10.2 Å². The van der Waals surface area contributed by atoms with E-state index in [-0.39, 0.29) is 33.9 Å². The fourth-order valence-corrected chi connectivity index (χ4v) is 10.5. The van der Waals surface area contributed by atoms with E-state index in [1.54, 1.807) is 5.57 Å².